The fourth-order valence-electron chi connectivity index (χ4n) is 4.37. The summed E-state index contributed by atoms with van der Waals surface area (Å²) in [6.07, 6.45) is 4.24. The number of nitrogens with one attached hydrogen (secondary N) is 2. The Morgan fingerprint density at radius 3 is 1.94 bits per heavy atom. The number of halogens is 1. The van der Waals surface area contributed by atoms with Crippen molar-refractivity contribution in [1.82, 2.24) is 9.97 Å². The molecule has 0 aliphatic rings. The maximum absolute atomic E-state index is 5.92. The minimum absolute atomic E-state index is 0.00760. The zero-order valence-electron chi connectivity index (χ0n) is 17.4. The maximum Gasteiger partial charge on any atom is 0.161 e. The maximum atomic E-state index is 5.92. The molecule has 3 aromatic carbocycles. The van der Waals surface area contributed by atoms with Crippen LogP contribution in [-0.4, -0.2) is 23.7 Å². The van der Waals surface area contributed by atoms with Crippen LogP contribution in [0.15, 0.2) is 77.5 Å². The van der Waals surface area contributed by atoms with Gasteiger partial charge in [0.1, 0.15) is 0 Å². The number of H-pyrrole nitrogens is 2. The number of para-hydroxylation sites is 2. The van der Waals surface area contributed by atoms with Gasteiger partial charge >= 0.3 is 0 Å². The Kier molecular flexibility index (Phi) is 5.20. The Balaban J connectivity index is 1.80. The van der Waals surface area contributed by atoms with E-state index in [1.807, 2.05) is 13.0 Å². The van der Waals surface area contributed by atoms with Crippen molar-refractivity contribution >= 4 is 37.7 Å². The van der Waals surface area contributed by atoms with Crippen molar-refractivity contribution in [3.63, 3.8) is 0 Å². The van der Waals surface area contributed by atoms with E-state index in [1.54, 1.807) is 7.11 Å². The molecule has 0 spiro atoms. The minimum Gasteiger partial charge on any atom is -0.493 e. The van der Waals surface area contributed by atoms with E-state index in [4.69, 9.17) is 9.47 Å². The normalized spacial score (nSPS) is 11.5. The van der Waals surface area contributed by atoms with Crippen molar-refractivity contribution in [2.45, 2.75) is 12.8 Å². The molecule has 2 aromatic heterocycles. The molecule has 0 bridgehead atoms. The molecular formula is C26H23BrN2O2. The first kappa shape index (κ1) is 19.8. The van der Waals surface area contributed by atoms with Crippen LogP contribution in [0.1, 0.15) is 29.5 Å². The van der Waals surface area contributed by atoms with Gasteiger partial charge in [0.25, 0.3) is 0 Å². The molecule has 0 unspecified atom stereocenters. The first-order valence-corrected chi connectivity index (χ1v) is 11.1. The molecule has 0 radical (unpaired) electrons. The van der Waals surface area contributed by atoms with Crippen molar-refractivity contribution in [2.75, 3.05) is 13.7 Å². The van der Waals surface area contributed by atoms with Gasteiger partial charge in [-0.1, -0.05) is 52.3 Å². The van der Waals surface area contributed by atoms with Crippen LogP contribution in [-0.2, 0) is 0 Å². The highest BCUT2D eigenvalue weighted by molar-refractivity contribution is 9.10. The van der Waals surface area contributed by atoms with E-state index in [-0.39, 0.29) is 5.92 Å². The van der Waals surface area contributed by atoms with E-state index in [9.17, 15) is 0 Å². The minimum atomic E-state index is -0.00760. The van der Waals surface area contributed by atoms with Crippen molar-refractivity contribution < 1.29 is 9.47 Å². The molecule has 0 aliphatic heterocycles. The first-order valence-electron chi connectivity index (χ1n) is 10.3. The Hall–Kier alpha value is -3.18. The molecule has 0 aliphatic carbocycles. The lowest BCUT2D eigenvalue weighted by Gasteiger charge is -2.21. The molecule has 0 atom stereocenters. The van der Waals surface area contributed by atoms with E-state index in [2.05, 4.69) is 92.9 Å². The number of rotatable bonds is 6. The van der Waals surface area contributed by atoms with E-state index in [0.717, 1.165) is 26.8 Å². The first-order chi connectivity index (χ1) is 15.2. The number of hydrogen-bond acceptors (Lipinski definition) is 2. The van der Waals surface area contributed by atoms with E-state index in [1.165, 1.54) is 21.9 Å². The van der Waals surface area contributed by atoms with Crippen LogP contribution >= 0.6 is 15.9 Å². The largest absolute Gasteiger partial charge is 0.493 e. The molecule has 0 saturated heterocycles. The smallest absolute Gasteiger partial charge is 0.161 e. The van der Waals surface area contributed by atoms with Crippen LogP contribution in [0.3, 0.4) is 0 Å². The summed E-state index contributed by atoms with van der Waals surface area (Å²) in [6, 6.07) is 20.9. The molecule has 31 heavy (non-hydrogen) atoms. The highest BCUT2D eigenvalue weighted by Crippen LogP contribution is 2.45. The summed E-state index contributed by atoms with van der Waals surface area (Å²) >= 11 is 3.82. The Morgan fingerprint density at radius 1 is 0.806 bits per heavy atom. The number of methoxy groups -OCH3 is 1. The van der Waals surface area contributed by atoms with Gasteiger partial charge in [-0.25, -0.2) is 0 Å². The van der Waals surface area contributed by atoms with Gasteiger partial charge in [0, 0.05) is 44.6 Å². The molecule has 156 valence electrons. The van der Waals surface area contributed by atoms with Gasteiger partial charge in [-0.05, 0) is 47.9 Å². The number of aromatic amines is 2. The zero-order valence-corrected chi connectivity index (χ0v) is 19.0. The van der Waals surface area contributed by atoms with Crippen molar-refractivity contribution in [3.05, 3.63) is 94.2 Å². The van der Waals surface area contributed by atoms with Gasteiger partial charge in [-0.3, -0.25) is 0 Å². The topological polar surface area (TPSA) is 50.0 Å². The Morgan fingerprint density at radius 2 is 1.39 bits per heavy atom. The van der Waals surface area contributed by atoms with Crippen LogP contribution in [0.4, 0.5) is 0 Å². The predicted octanol–water partition coefficient (Wildman–Crippen LogP) is 7.00. The zero-order chi connectivity index (χ0) is 21.4. The molecule has 5 heteroatoms. The third kappa shape index (κ3) is 3.39. The van der Waals surface area contributed by atoms with Gasteiger partial charge in [-0.2, -0.15) is 0 Å². The Bertz CT molecular complexity index is 1290. The van der Waals surface area contributed by atoms with E-state index >= 15 is 0 Å². The molecule has 2 N–H and O–H groups in total. The second-order valence-electron chi connectivity index (χ2n) is 7.47. The SMILES string of the molecule is CCOc1cc(C(c2c[nH]c3ccccc23)c2c[nH]c3ccccc23)c(Br)cc1OC. The molecule has 0 fully saturated rings. The van der Waals surface area contributed by atoms with Crippen molar-refractivity contribution in [2.24, 2.45) is 0 Å². The summed E-state index contributed by atoms with van der Waals surface area (Å²) in [6.45, 7) is 2.56. The third-order valence-electron chi connectivity index (χ3n) is 5.76. The van der Waals surface area contributed by atoms with Crippen molar-refractivity contribution in [3.8, 4) is 11.5 Å². The van der Waals surface area contributed by atoms with E-state index in [0.29, 0.717) is 12.4 Å². The van der Waals surface area contributed by atoms with Crippen LogP contribution in [0.25, 0.3) is 21.8 Å². The molecular weight excluding hydrogens is 452 g/mol. The summed E-state index contributed by atoms with van der Waals surface area (Å²) in [5.41, 5.74) is 5.80. The molecule has 5 aromatic rings. The molecule has 0 saturated carbocycles. The number of benzene rings is 3. The lowest BCUT2D eigenvalue weighted by Crippen LogP contribution is -2.05. The summed E-state index contributed by atoms with van der Waals surface area (Å²) < 4.78 is 12.5. The number of aromatic nitrogens is 2. The van der Waals surface area contributed by atoms with Crippen molar-refractivity contribution in [1.29, 1.82) is 0 Å². The summed E-state index contributed by atoms with van der Waals surface area (Å²) in [7, 11) is 1.67. The second-order valence-corrected chi connectivity index (χ2v) is 8.32. The monoisotopic (exact) mass is 474 g/mol. The molecule has 0 amide bonds. The standard InChI is InChI=1S/C26H23BrN2O2/c1-3-31-25-12-18(21(27)13-24(25)30-2)26(19-14-28-22-10-6-4-8-16(19)22)20-15-29-23-11-7-5-9-17(20)23/h4-15,26,28-29H,3H2,1-2H3. The molecule has 2 heterocycles. The van der Waals surface area contributed by atoms with Crippen LogP contribution in [0.2, 0.25) is 0 Å². The fourth-order valence-corrected chi connectivity index (χ4v) is 4.92. The van der Waals surface area contributed by atoms with Gasteiger partial charge in [0.05, 0.1) is 13.7 Å². The highest BCUT2D eigenvalue weighted by Gasteiger charge is 2.26. The molecule has 5 rings (SSSR count). The van der Waals surface area contributed by atoms with Gasteiger partial charge in [0.15, 0.2) is 11.5 Å². The summed E-state index contributed by atoms with van der Waals surface area (Å²) in [5, 5.41) is 2.41. The van der Waals surface area contributed by atoms with Gasteiger partial charge in [-0.15, -0.1) is 0 Å². The predicted molar refractivity (Wildman–Crippen MR) is 129 cm³/mol. The van der Waals surface area contributed by atoms with E-state index < -0.39 is 0 Å². The number of fused-ring (bicyclic) bond motifs is 2. The average Bonchev–Trinajstić information content (AvgIpc) is 3.41. The van der Waals surface area contributed by atoms with Gasteiger partial charge in [0.2, 0.25) is 0 Å². The van der Waals surface area contributed by atoms with Crippen LogP contribution in [0, 0.1) is 0 Å². The number of ether oxygens (including phenoxy) is 2. The molecule has 4 nitrogen and oxygen atoms in total. The number of hydrogen-bond donors (Lipinski definition) is 2. The van der Waals surface area contributed by atoms with Crippen LogP contribution in [0.5, 0.6) is 11.5 Å². The fraction of sp³-hybridized carbons (Fsp3) is 0.154. The van der Waals surface area contributed by atoms with Crippen LogP contribution < -0.4 is 9.47 Å². The Labute approximate surface area is 189 Å². The summed E-state index contributed by atoms with van der Waals surface area (Å²) in [4.78, 5) is 6.90. The lowest BCUT2D eigenvalue weighted by molar-refractivity contribution is 0.310. The average molecular weight is 475 g/mol. The summed E-state index contributed by atoms with van der Waals surface area (Å²) in [5.74, 6) is 1.45. The third-order valence-corrected chi connectivity index (χ3v) is 6.45. The van der Waals surface area contributed by atoms with Gasteiger partial charge < -0.3 is 19.4 Å². The quantitative estimate of drug-likeness (QED) is 0.278. The second kappa shape index (κ2) is 8.16. The highest BCUT2D eigenvalue weighted by atomic mass is 79.9. The lowest BCUT2D eigenvalue weighted by atomic mass is 9.84.